The summed E-state index contributed by atoms with van der Waals surface area (Å²) < 4.78 is 15.2. The lowest BCUT2D eigenvalue weighted by atomic mass is 9.78. The van der Waals surface area contributed by atoms with Crippen LogP contribution < -0.4 is 10.2 Å². The van der Waals surface area contributed by atoms with Gasteiger partial charge in [-0.3, -0.25) is 10.1 Å². The quantitative estimate of drug-likeness (QED) is 0.335. The molecule has 1 aliphatic heterocycles. The third kappa shape index (κ3) is 2.45. The summed E-state index contributed by atoms with van der Waals surface area (Å²) in [5, 5.41) is 20.3. The van der Waals surface area contributed by atoms with Gasteiger partial charge in [0.1, 0.15) is 11.9 Å². The zero-order valence-electron chi connectivity index (χ0n) is 9.74. The van der Waals surface area contributed by atoms with E-state index in [2.05, 4.69) is 0 Å². The maximum absolute atomic E-state index is 10.5. The normalized spacial score (nSPS) is 17.7. The lowest BCUT2D eigenvalue weighted by Gasteiger charge is -2.09. The van der Waals surface area contributed by atoms with Gasteiger partial charge in [0.15, 0.2) is 6.79 Å². The molecule has 0 bridgehead atoms. The highest BCUT2D eigenvalue weighted by Crippen LogP contribution is 2.27. The minimum absolute atomic E-state index is 0.0308. The maximum Gasteiger partial charge on any atom is 0.496 e. The molecule has 0 radical (unpaired) electrons. The van der Waals surface area contributed by atoms with E-state index >= 15 is 0 Å². The summed E-state index contributed by atoms with van der Waals surface area (Å²) in [5.74, 6) is 0.410. The molecule has 1 aromatic rings. The molecule has 0 aliphatic carbocycles. The van der Waals surface area contributed by atoms with Gasteiger partial charge in [-0.2, -0.15) is 0 Å². The first kappa shape index (κ1) is 12.8. The third-order valence-electron chi connectivity index (χ3n) is 2.63. The minimum atomic E-state index is -1.21. The highest BCUT2D eigenvalue weighted by molar-refractivity contribution is 6.62. The number of rotatable bonds is 5. The summed E-state index contributed by atoms with van der Waals surface area (Å²) in [7, 11) is 0.268. The van der Waals surface area contributed by atoms with Crippen LogP contribution in [0.15, 0.2) is 18.2 Å². The Bertz CT molecular complexity index is 454. The number of methoxy groups -OCH3 is 1. The first-order valence-corrected chi connectivity index (χ1v) is 5.33. The molecule has 2 rings (SSSR count). The second-order valence-electron chi connectivity index (χ2n) is 3.80. The number of benzene rings is 1. The van der Waals surface area contributed by atoms with Crippen molar-refractivity contribution in [1.82, 2.24) is 0 Å². The first-order chi connectivity index (χ1) is 8.63. The minimum Gasteiger partial charge on any atom is -0.468 e. The number of ether oxygens (including phenoxy) is 2. The van der Waals surface area contributed by atoms with E-state index in [1.807, 2.05) is 0 Å². The maximum atomic E-state index is 10.5. The van der Waals surface area contributed by atoms with Gasteiger partial charge in [0.25, 0.3) is 0 Å². The first-order valence-electron chi connectivity index (χ1n) is 5.33. The van der Waals surface area contributed by atoms with E-state index in [0.717, 1.165) is 0 Å². The fraction of sp³-hybridized carbons (Fsp3) is 0.400. The summed E-state index contributed by atoms with van der Waals surface area (Å²) in [5.41, 5.74) is 1.01. The Labute approximate surface area is 104 Å². The number of fused-ring (bicyclic) bond motifs is 1. The Hall–Kier alpha value is -1.64. The van der Waals surface area contributed by atoms with E-state index in [1.54, 1.807) is 18.2 Å². The Balaban J connectivity index is 2.28. The summed E-state index contributed by atoms with van der Waals surface area (Å²) >= 11 is 0. The van der Waals surface area contributed by atoms with Crippen LogP contribution >= 0.6 is 0 Å². The van der Waals surface area contributed by atoms with Crippen molar-refractivity contribution in [1.29, 1.82) is 0 Å². The topological polar surface area (TPSA) is 91.1 Å². The second-order valence-corrected chi connectivity index (χ2v) is 3.80. The highest BCUT2D eigenvalue weighted by atomic mass is 16.7. The summed E-state index contributed by atoms with van der Waals surface area (Å²) in [4.78, 5) is 10.0. The van der Waals surface area contributed by atoms with Crippen molar-refractivity contribution < 1.29 is 24.1 Å². The van der Waals surface area contributed by atoms with Gasteiger partial charge < -0.3 is 19.2 Å². The Morgan fingerprint density at radius 1 is 1.61 bits per heavy atom. The third-order valence-corrected chi connectivity index (χ3v) is 2.63. The van der Waals surface area contributed by atoms with Gasteiger partial charge in [-0.25, -0.2) is 0 Å². The van der Waals surface area contributed by atoms with Crippen LogP contribution in [-0.2, 0) is 9.39 Å². The molecule has 0 amide bonds. The largest absolute Gasteiger partial charge is 0.496 e. The Morgan fingerprint density at radius 3 is 3.06 bits per heavy atom. The number of nitro groups is 1. The monoisotopic (exact) mass is 253 g/mol. The molecule has 0 spiro atoms. The predicted molar refractivity (Wildman–Crippen MR) is 62.2 cm³/mol. The molecule has 8 heteroatoms. The van der Waals surface area contributed by atoms with E-state index in [-0.39, 0.29) is 6.79 Å². The van der Waals surface area contributed by atoms with Crippen LogP contribution in [-0.4, -0.2) is 37.5 Å². The van der Waals surface area contributed by atoms with E-state index in [9.17, 15) is 15.1 Å². The van der Waals surface area contributed by atoms with Crippen LogP contribution in [0, 0.1) is 10.1 Å². The van der Waals surface area contributed by atoms with Crippen LogP contribution in [0.5, 0.6) is 5.75 Å². The number of hydrogen-bond acceptors (Lipinski definition) is 6. The summed E-state index contributed by atoms with van der Waals surface area (Å²) in [6, 6.07) is 5.02. The molecule has 1 aromatic carbocycles. The van der Waals surface area contributed by atoms with Crippen LogP contribution in [0.25, 0.3) is 0 Å². The molecule has 18 heavy (non-hydrogen) atoms. The molecule has 1 heterocycles. The van der Waals surface area contributed by atoms with Crippen molar-refractivity contribution in [3.8, 4) is 5.75 Å². The second kappa shape index (κ2) is 5.34. The Morgan fingerprint density at radius 2 is 2.39 bits per heavy atom. The van der Waals surface area contributed by atoms with Gasteiger partial charge >= 0.3 is 7.12 Å². The van der Waals surface area contributed by atoms with Gasteiger partial charge in [0, 0.05) is 17.5 Å². The highest BCUT2D eigenvalue weighted by Gasteiger charge is 2.40. The van der Waals surface area contributed by atoms with Crippen LogP contribution in [0.3, 0.4) is 0 Å². The van der Waals surface area contributed by atoms with E-state index in [0.29, 0.717) is 16.8 Å². The molecule has 1 N–H and O–H groups in total. The smallest absolute Gasteiger partial charge is 0.468 e. The molecule has 1 atom stereocenters. The lowest BCUT2D eigenvalue weighted by Crippen LogP contribution is -2.30. The molecule has 1 unspecified atom stereocenters. The SMILES string of the molecule is COCOc1cccc2c1B(O)OC2C[N+](=O)[O-]. The molecule has 7 nitrogen and oxygen atoms in total. The van der Waals surface area contributed by atoms with Crippen LogP contribution in [0.1, 0.15) is 11.7 Å². The average molecular weight is 253 g/mol. The van der Waals surface area contributed by atoms with Gasteiger partial charge in [-0.1, -0.05) is 12.1 Å². The van der Waals surface area contributed by atoms with Crippen molar-refractivity contribution in [3.63, 3.8) is 0 Å². The fourth-order valence-corrected chi connectivity index (χ4v) is 1.93. The molecule has 0 saturated heterocycles. The van der Waals surface area contributed by atoms with Crippen LogP contribution in [0.2, 0.25) is 0 Å². The fourth-order valence-electron chi connectivity index (χ4n) is 1.93. The zero-order valence-corrected chi connectivity index (χ0v) is 9.74. The van der Waals surface area contributed by atoms with Gasteiger partial charge in [-0.05, 0) is 11.6 Å². The van der Waals surface area contributed by atoms with Gasteiger partial charge in [-0.15, -0.1) is 0 Å². The molecule has 0 aromatic heterocycles. The number of nitrogens with zero attached hydrogens (tertiary/aromatic N) is 1. The van der Waals surface area contributed by atoms with E-state index in [4.69, 9.17) is 14.1 Å². The standard InChI is InChI=1S/C10H12BNO6/c1-16-6-17-8-4-2-3-7-9(5-12(14)15)18-11(13)10(7)8/h2-4,9,13H,5-6H2,1H3. The molecular formula is C10H12BNO6. The molecule has 0 saturated carbocycles. The van der Waals surface area contributed by atoms with Crippen molar-refractivity contribution in [2.24, 2.45) is 0 Å². The molecule has 0 fully saturated rings. The predicted octanol–water partition coefficient (Wildman–Crippen LogP) is -0.295. The van der Waals surface area contributed by atoms with Crippen molar-refractivity contribution in [2.45, 2.75) is 6.10 Å². The summed E-state index contributed by atoms with van der Waals surface area (Å²) in [6.07, 6.45) is -0.754. The molecule has 1 aliphatic rings. The van der Waals surface area contributed by atoms with E-state index < -0.39 is 24.7 Å². The zero-order chi connectivity index (χ0) is 13.1. The van der Waals surface area contributed by atoms with Crippen LogP contribution in [0.4, 0.5) is 0 Å². The number of hydrogen-bond donors (Lipinski definition) is 1. The van der Waals surface area contributed by atoms with E-state index in [1.165, 1.54) is 7.11 Å². The lowest BCUT2D eigenvalue weighted by molar-refractivity contribution is -0.490. The Kier molecular flexibility index (Phi) is 3.80. The summed E-state index contributed by atoms with van der Waals surface area (Å²) in [6.45, 7) is -0.360. The average Bonchev–Trinajstić information content (AvgIpc) is 2.64. The van der Waals surface area contributed by atoms with Gasteiger partial charge in [0.05, 0.1) is 0 Å². The van der Waals surface area contributed by atoms with Crippen molar-refractivity contribution in [3.05, 3.63) is 33.9 Å². The van der Waals surface area contributed by atoms with Crippen molar-refractivity contribution >= 4 is 12.6 Å². The molecular weight excluding hydrogens is 241 g/mol. The molecule has 96 valence electrons. The van der Waals surface area contributed by atoms with Crippen molar-refractivity contribution in [2.75, 3.05) is 20.4 Å². The van der Waals surface area contributed by atoms with Gasteiger partial charge in [0.2, 0.25) is 6.54 Å².